The van der Waals surface area contributed by atoms with Gasteiger partial charge in [-0.2, -0.15) is 0 Å². The number of halogens is 1. The molecule has 0 aliphatic heterocycles. The Morgan fingerprint density at radius 2 is 1.74 bits per heavy atom. The normalized spacial score (nSPS) is 42.4. The molecular weight excluding hydrogens is 470 g/mol. The zero-order valence-electron chi connectivity index (χ0n) is 21.3. The average Bonchev–Trinajstić information content (AvgIpc) is 3.14. The van der Waals surface area contributed by atoms with Crippen LogP contribution in [0.5, 0.6) is 0 Å². The molecule has 1 amide bonds. The predicted octanol–water partition coefficient (Wildman–Crippen LogP) is 4.61. The molecule has 4 aliphatic carbocycles. The lowest BCUT2D eigenvalue weighted by molar-refractivity contribution is -0.172. The van der Waals surface area contributed by atoms with Crippen molar-refractivity contribution < 1.29 is 29.3 Å². The molecule has 4 rings (SSSR count). The van der Waals surface area contributed by atoms with Crippen LogP contribution in [-0.4, -0.2) is 53.7 Å². The number of alkyl halides is 1. The van der Waals surface area contributed by atoms with Crippen LogP contribution >= 0.6 is 11.6 Å². The van der Waals surface area contributed by atoms with Crippen LogP contribution in [0.25, 0.3) is 0 Å². The van der Waals surface area contributed by atoms with Gasteiger partial charge in [0.15, 0.2) is 6.07 Å². The van der Waals surface area contributed by atoms with Gasteiger partial charge >= 0.3 is 6.16 Å². The third-order valence-electron chi connectivity index (χ3n) is 10.6. The van der Waals surface area contributed by atoms with Crippen molar-refractivity contribution >= 4 is 23.7 Å². The van der Waals surface area contributed by atoms with Crippen molar-refractivity contribution in [1.82, 2.24) is 5.32 Å². The van der Waals surface area contributed by atoms with Gasteiger partial charge < -0.3 is 25.0 Å². The fourth-order valence-corrected chi connectivity index (χ4v) is 8.88. The SMILES string of the molecule is CC12CCC3[C@H](C1CCC2CCCC(=O)NCCOC(=O)OCCl)[C@H](O)C[C@@H]1C[C@H](O)CCC31C. The lowest BCUT2D eigenvalue weighted by Gasteiger charge is -2.62. The van der Waals surface area contributed by atoms with Gasteiger partial charge in [-0.15, -0.1) is 0 Å². The first-order valence-electron chi connectivity index (χ1n) is 13.7. The van der Waals surface area contributed by atoms with E-state index in [2.05, 4.69) is 23.9 Å². The van der Waals surface area contributed by atoms with E-state index in [9.17, 15) is 19.8 Å². The second-order valence-corrected chi connectivity index (χ2v) is 12.4. The number of carbonyl (C=O) groups is 2. The first-order valence-corrected chi connectivity index (χ1v) is 14.2. The molecule has 200 valence electrons. The van der Waals surface area contributed by atoms with E-state index in [1.54, 1.807) is 0 Å². The molecule has 0 aromatic carbocycles. The van der Waals surface area contributed by atoms with Crippen LogP contribution in [0.2, 0.25) is 0 Å². The summed E-state index contributed by atoms with van der Waals surface area (Å²) in [6.07, 6.45) is 9.55. The lowest BCUT2D eigenvalue weighted by Crippen LogP contribution is -2.58. The van der Waals surface area contributed by atoms with Crippen LogP contribution in [0.1, 0.15) is 84.5 Å². The molecule has 0 spiro atoms. The predicted molar refractivity (Wildman–Crippen MR) is 133 cm³/mol. The summed E-state index contributed by atoms with van der Waals surface area (Å²) < 4.78 is 9.26. The van der Waals surface area contributed by atoms with E-state index in [1.165, 1.54) is 25.7 Å². The maximum absolute atomic E-state index is 12.2. The smallest absolute Gasteiger partial charge is 0.432 e. The summed E-state index contributed by atoms with van der Waals surface area (Å²) in [5.41, 5.74) is 0.498. The standard InChI is InChI=1S/C27H44ClNO6/c1-26-11-9-21-24(22(31)15-18-14-19(30)8-10-27(18,21)2)20(26)7-6-17(26)4-3-5-23(32)29-12-13-34-25(33)35-16-28/h17-22,24,30-31H,3-16H2,1-2H3,(H,29,32)/t17?,18-,19+,20?,21?,22+,24-,26?,27?/m0/s1. The molecule has 0 heterocycles. The highest BCUT2D eigenvalue weighted by atomic mass is 35.5. The van der Waals surface area contributed by atoms with Gasteiger partial charge in [0.2, 0.25) is 5.91 Å². The first kappa shape index (κ1) is 27.0. The summed E-state index contributed by atoms with van der Waals surface area (Å²) in [5.74, 6) is 2.52. The number of fused-ring (bicyclic) bond motifs is 5. The van der Waals surface area contributed by atoms with Gasteiger partial charge in [0.1, 0.15) is 6.61 Å². The van der Waals surface area contributed by atoms with Gasteiger partial charge in [0.05, 0.1) is 18.8 Å². The van der Waals surface area contributed by atoms with Crippen molar-refractivity contribution in [3.05, 3.63) is 0 Å². The van der Waals surface area contributed by atoms with Crippen molar-refractivity contribution in [3.63, 3.8) is 0 Å². The Morgan fingerprint density at radius 1 is 1.00 bits per heavy atom. The number of amides is 1. The Balaban J connectivity index is 1.27. The van der Waals surface area contributed by atoms with E-state index in [0.717, 1.165) is 38.5 Å². The van der Waals surface area contributed by atoms with Crippen molar-refractivity contribution in [2.24, 2.45) is 40.4 Å². The quantitative estimate of drug-likeness (QED) is 0.248. The maximum atomic E-state index is 12.2. The molecular formula is C27H44ClNO6. The highest BCUT2D eigenvalue weighted by Crippen LogP contribution is 2.67. The summed E-state index contributed by atoms with van der Waals surface area (Å²) in [6, 6.07) is -0.254. The highest BCUT2D eigenvalue weighted by molar-refractivity contribution is 6.17. The number of hydrogen-bond donors (Lipinski definition) is 3. The second kappa shape index (κ2) is 11.1. The third-order valence-corrected chi connectivity index (χ3v) is 10.7. The summed E-state index contributed by atoms with van der Waals surface area (Å²) in [6.45, 7) is 5.23. The number of carbonyl (C=O) groups excluding carboxylic acids is 2. The molecule has 35 heavy (non-hydrogen) atoms. The van der Waals surface area contributed by atoms with Gasteiger partial charge in [-0.25, -0.2) is 4.79 Å². The zero-order chi connectivity index (χ0) is 25.2. The monoisotopic (exact) mass is 513 g/mol. The number of aliphatic hydroxyl groups is 2. The highest BCUT2D eigenvalue weighted by Gasteiger charge is 2.62. The van der Waals surface area contributed by atoms with E-state index < -0.39 is 6.16 Å². The summed E-state index contributed by atoms with van der Waals surface area (Å²) in [4.78, 5) is 23.3. The van der Waals surface area contributed by atoms with Gasteiger partial charge in [-0.05, 0) is 105 Å². The molecule has 0 aromatic rings. The van der Waals surface area contributed by atoms with E-state index in [4.69, 9.17) is 16.3 Å². The number of ether oxygens (including phenoxy) is 2. The Labute approximate surface area is 214 Å². The molecule has 4 saturated carbocycles. The Kier molecular flexibility index (Phi) is 8.59. The summed E-state index contributed by atoms with van der Waals surface area (Å²) in [7, 11) is 0. The fraction of sp³-hybridized carbons (Fsp3) is 0.926. The van der Waals surface area contributed by atoms with E-state index in [1.807, 2.05) is 0 Å². The van der Waals surface area contributed by atoms with Crippen LogP contribution in [0.3, 0.4) is 0 Å². The molecule has 9 atom stereocenters. The number of rotatable bonds is 8. The molecule has 0 aromatic heterocycles. The fourth-order valence-electron chi connectivity index (χ4n) is 8.79. The minimum atomic E-state index is -0.832. The number of aliphatic hydroxyl groups excluding tert-OH is 2. The van der Waals surface area contributed by atoms with Crippen molar-refractivity contribution in [2.75, 3.05) is 19.2 Å². The summed E-state index contributed by atoms with van der Waals surface area (Å²) >= 11 is 5.29. The van der Waals surface area contributed by atoms with Gasteiger partial charge in [-0.3, -0.25) is 4.79 Å². The Morgan fingerprint density at radius 3 is 2.51 bits per heavy atom. The minimum absolute atomic E-state index is 0.0242. The molecule has 0 saturated heterocycles. The van der Waals surface area contributed by atoms with Crippen LogP contribution in [0.4, 0.5) is 4.79 Å². The van der Waals surface area contributed by atoms with E-state index in [0.29, 0.717) is 36.0 Å². The lowest BCUT2D eigenvalue weighted by atomic mass is 9.44. The van der Waals surface area contributed by atoms with E-state index in [-0.39, 0.29) is 48.2 Å². The zero-order valence-corrected chi connectivity index (χ0v) is 22.1. The van der Waals surface area contributed by atoms with Crippen LogP contribution in [-0.2, 0) is 14.3 Å². The molecule has 8 heteroatoms. The van der Waals surface area contributed by atoms with Gasteiger partial charge in [0.25, 0.3) is 0 Å². The van der Waals surface area contributed by atoms with Crippen molar-refractivity contribution in [3.8, 4) is 0 Å². The molecule has 4 aliphatic rings. The summed E-state index contributed by atoms with van der Waals surface area (Å²) in [5, 5.41) is 24.4. The van der Waals surface area contributed by atoms with E-state index >= 15 is 0 Å². The molecule has 7 nitrogen and oxygen atoms in total. The number of nitrogens with one attached hydrogen (secondary N) is 1. The molecule has 0 radical (unpaired) electrons. The largest absolute Gasteiger partial charge is 0.509 e. The van der Waals surface area contributed by atoms with Crippen molar-refractivity contribution in [2.45, 2.75) is 96.7 Å². The first-order chi connectivity index (χ1) is 16.7. The van der Waals surface area contributed by atoms with Gasteiger partial charge in [-0.1, -0.05) is 25.4 Å². The third kappa shape index (κ3) is 5.47. The van der Waals surface area contributed by atoms with Crippen molar-refractivity contribution in [1.29, 1.82) is 0 Å². The topological polar surface area (TPSA) is 105 Å². The number of hydrogen-bond acceptors (Lipinski definition) is 6. The molecule has 4 fully saturated rings. The maximum Gasteiger partial charge on any atom is 0.509 e. The molecule has 5 unspecified atom stereocenters. The second-order valence-electron chi connectivity index (χ2n) is 12.1. The van der Waals surface area contributed by atoms with Crippen LogP contribution < -0.4 is 5.32 Å². The Hall–Kier alpha value is -1.05. The van der Waals surface area contributed by atoms with Crippen LogP contribution in [0, 0.1) is 40.4 Å². The van der Waals surface area contributed by atoms with Gasteiger partial charge in [0, 0.05) is 6.42 Å². The average molecular weight is 514 g/mol. The Bertz CT molecular complexity index is 766. The van der Waals surface area contributed by atoms with Crippen LogP contribution in [0.15, 0.2) is 0 Å². The molecule has 0 bridgehead atoms. The molecule has 3 N–H and O–H groups in total. The minimum Gasteiger partial charge on any atom is -0.432 e.